The third-order valence-electron chi connectivity index (χ3n) is 5.33. The molecule has 10 nitrogen and oxygen atoms in total. The number of nitrogens with one attached hydrogen (secondary N) is 1. The third-order valence-corrected chi connectivity index (χ3v) is 6.33. The summed E-state index contributed by atoms with van der Waals surface area (Å²) in [6.45, 7) is 3.13. The Morgan fingerprint density at radius 1 is 1.00 bits per heavy atom. The smallest absolute Gasteiger partial charge is 0.411 e. The highest BCUT2D eigenvalue weighted by Crippen LogP contribution is 2.35. The van der Waals surface area contributed by atoms with Gasteiger partial charge in [0.25, 0.3) is 5.88 Å². The predicted octanol–water partition coefficient (Wildman–Crippen LogP) is 5.23. The Bertz CT molecular complexity index is 1680. The number of anilines is 1. The number of aromatic nitrogens is 5. The van der Waals surface area contributed by atoms with Crippen LogP contribution >= 0.6 is 11.3 Å². The monoisotopic (exact) mass is 538 g/mol. The number of ether oxygens (including phenoxy) is 3. The largest absolute Gasteiger partial charge is 0.480 e. The van der Waals surface area contributed by atoms with Crippen molar-refractivity contribution in [3.05, 3.63) is 59.6 Å². The van der Waals surface area contributed by atoms with Crippen LogP contribution < -0.4 is 14.8 Å². The Morgan fingerprint density at radius 3 is 2.63 bits per heavy atom. The maximum absolute atomic E-state index is 14.7. The van der Waals surface area contributed by atoms with Crippen LogP contribution in [0.1, 0.15) is 11.1 Å². The van der Waals surface area contributed by atoms with Gasteiger partial charge < -0.3 is 14.2 Å². The average Bonchev–Trinajstić information content (AvgIpc) is 3.30. The summed E-state index contributed by atoms with van der Waals surface area (Å²) in [7, 11) is 1.52. The van der Waals surface area contributed by atoms with Crippen molar-refractivity contribution in [1.29, 1.82) is 0 Å². The summed E-state index contributed by atoms with van der Waals surface area (Å²) in [6.07, 6.45) is 1.91. The Morgan fingerprint density at radius 2 is 1.84 bits per heavy atom. The highest BCUT2D eigenvalue weighted by atomic mass is 32.1. The normalized spacial score (nSPS) is 11.1. The summed E-state index contributed by atoms with van der Waals surface area (Å²) in [5.74, 6) is -1.18. The predicted molar refractivity (Wildman–Crippen MR) is 137 cm³/mol. The second-order valence-corrected chi connectivity index (χ2v) is 9.13. The first-order valence-electron chi connectivity index (χ1n) is 11.3. The van der Waals surface area contributed by atoms with Crippen LogP contribution in [0.5, 0.6) is 11.8 Å². The number of hydrogen-bond acceptors (Lipinski definition) is 10. The van der Waals surface area contributed by atoms with E-state index in [1.165, 1.54) is 49.9 Å². The van der Waals surface area contributed by atoms with Gasteiger partial charge in [-0.25, -0.2) is 29.1 Å². The van der Waals surface area contributed by atoms with Crippen LogP contribution in [-0.2, 0) is 4.74 Å². The molecule has 4 aromatic heterocycles. The van der Waals surface area contributed by atoms with E-state index in [1.807, 2.05) is 19.1 Å². The molecule has 38 heavy (non-hydrogen) atoms. The van der Waals surface area contributed by atoms with Crippen LogP contribution in [0.25, 0.3) is 32.0 Å². The lowest BCUT2D eigenvalue weighted by atomic mass is 10.1. The molecule has 0 aliphatic rings. The maximum atomic E-state index is 14.7. The molecule has 194 valence electrons. The van der Waals surface area contributed by atoms with Crippen LogP contribution in [0.2, 0.25) is 0 Å². The van der Waals surface area contributed by atoms with Gasteiger partial charge in [-0.15, -0.1) is 0 Å². The molecule has 1 amide bonds. The lowest BCUT2D eigenvalue weighted by molar-refractivity contribution is 0.135. The summed E-state index contributed by atoms with van der Waals surface area (Å²) in [6, 6.07) is 6.48. The number of thiazole rings is 1. The molecule has 0 radical (unpaired) electrons. The van der Waals surface area contributed by atoms with Gasteiger partial charge >= 0.3 is 6.09 Å². The molecule has 1 aromatic carbocycles. The van der Waals surface area contributed by atoms with Gasteiger partial charge in [0.15, 0.2) is 5.82 Å². The molecule has 0 fully saturated rings. The quantitative estimate of drug-likeness (QED) is 0.219. The van der Waals surface area contributed by atoms with E-state index in [0.717, 1.165) is 11.1 Å². The summed E-state index contributed by atoms with van der Waals surface area (Å²) in [5, 5.41) is 3.03. The number of amides is 1. The number of pyridine rings is 2. The van der Waals surface area contributed by atoms with Gasteiger partial charge in [0.1, 0.15) is 28.6 Å². The van der Waals surface area contributed by atoms with Crippen LogP contribution in [0.4, 0.5) is 19.3 Å². The van der Waals surface area contributed by atoms with Crippen molar-refractivity contribution in [2.24, 2.45) is 0 Å². The van der Waals surface area contributed by atoms with Gasteiger partial charge in [-0.2, -0.15) is 9.37 Å². The van der Waals surface area contributed by atoms with Crippen molar-refractivity contribution in [2.75, 3.05) is 25.6 Å². The molecule has 13 heteroatoms. The van der Waals surface area contributed by atoms with Gasteiger partial charge in [-0.3, -0.25) is 5.32 Å². The molecule has 4 heterocycles. The number of carbonyl (C=O) groups excluding carboxylic acids is 1. The van der Waals surface area contributed by atoms with Crippen molar-refractivity contribution in [1.82, 2.24) is 24.9 Å². The van der Waals surface area contributed by atoms with Crippen molar-refractivity contribution in [3.8, 4) is 22.3 Å². The molecule has 1 N–H and O–H groups in total. The minimum atomic E-state index is -0.788. The zero-order chi connectivity index (χ0) is 26.8. The lowest BCUT2D eigenvalue weighted by Crippen LogP contribution is -2.18. The minimum Gasteiger partial charge on any atom is -0.480 e. The van der Waals surface area contributed by atoms with Crippen molar-refractivity contribution in [3.63, 3.8) is 0 Å². The number of nitrogens with zero attached hydrogens (tertiary/aromatic N) is 5. The zero-order valence-corrected chi connectivity index (χ0v) is 21.2. The average molecular weight is 539 g/mol. The molecule has 0 aliphatic heterocycles. The number of aryl methyl sites for hydroxylation is 2. The summed E-state index contributed by atoms with van der Waals surface area (Å²) in [4.78, 5) is 33.6. The zero-order valence-electron chi connectivity index (χ0n) is 20.4. The standard InChI is InChI=1S/C25H20F2N6O4S/c1-12-6-15(20-17(7-12)31-19(35-3)11-28-20)23-32-18-9-16(26)22(33-24(18)38-23)36-4-5-37-25(34)30-14-8-13(2)21(27)29-10-14/h6-11H,4-5H2,1-3H3,(H,30,34). The molecule has 0 bridgehead atoms. The first-order chi connectivity index (χ1) is 18.3. The van der Waals surface area contributed by atoms with Gasteiger partial charge in [0.2, 0.25) is 11.8 Å². The highest BCUT2D eigenvalue weighted by molar-refractivity contribution is 7.21. The third kappa shape index (κ3) is 5.27. The van der Waals surface area contributed by atoms with E-state index in [2.05, 4.69) is 30.2 Å². The number of halogens is 2. The molecular formula is C25H20F2N6O4S. The second kappa shape index (κ2) is 10.5. The molecule has 0 spiro atoms. The number of rotatable bonds is 7. The number of hydrogen-bond donors (Lipinski definition) is 1. The summed E-state index contributed by atoms with van der Waals surface area (Å²) >= 11 is 1.26. The summed E-state index contributed by atoms with van der Waals surface area (Å²) in [5.41, 5.74) is 3.90. The first-order valence-corrected chi connectivity index (χ1v) is 12.1. The molecule has 5 aromatic rings. The first kappa shape index (κ1) is 25.1. The van der Waals surface area contributed by atoms with E-state index in [9.17, 15) is 13.6 Å². The fourth-order valence-electron chi connectivity index (χ4n) is 3.60. The highest BCUT2D eigenvalue weighted by Gasteiger charge is 2.17. The Labute approximate surface area is 218 Å². The van der Waals surface area contributed by atoms with Crippen molar-refractivity contribution >= 4 is 44.5 Å². The topological polar surface area (TPSA) is 121 Å². The second-order valence-electron chi connectivity index (χ2n) is 8.15. The van der Waals surface area contributed by atoms with Gasteiger partial charge in [-0.1, -0.05) is 11.3 Å². The maximum Gasteiger partial charge on any atom is 0.411 e. The fraction of sp³-hybridized carbons (Fsp3) is 0.200. The van der Waals surface area contributed by atoms with Crippen LogP contribution in [0.3, 0.4) is 0 Å². The summed E-state index contributed by atoms with van der Waals surface area (Å²) < 4.78 is 43.5. The molecule has 0 unspecified atom stereocenters. The molecular weight excluding hydrogens is 518 g/mol. The van der Waals surface area contributed by atoms with E-state index in [1.54, 1.807) is 0 Å². The van der Waals surface area contributed by atoms with Crippen molar-refractivity contribution in [2.45, 2.75) is 13.8 Å². The number of benzene rings is 1. The Kier molecular flexibility index (Phi) is 6.92. The van der Waals surface area contributed by atoms with E-state index in [-0.39, 0.29) is 30.3 Å². The van der Waals surface area contributed by atoms with Gasteiger partial charge in [0.05, 0.1) is 36.2 Å². The van der Waals surface area contributed by atoms with E-state index >= 15 is 0 Å². The Balaban J connectivity index is 1.28. The SMILES string of the molecule is COc1cnc2c(-c3nc4cc(F)c(OCCOC(=O)Nc5cnc(F)c(C)c5)nc4s3)cc(C)cc2n1. The van der Waals surface area contributed by atoms with Crippen LogP contribution in [-0.4, -0.2) is 51.3 Å². The number of carbonyl (C=O) groups is 1. The molecule has 5 rings (SSSR count). The molecule has 0 saturated carbocycles. The Hall–Kier alpha value is -4.52. The van der Waals surface area contributed by atoms with Gasteiger partial charge in [-0.05, 0) is 37.6 Å². The fourth-order valence-corrected chi connectivity index (χ4v) is 4.53. The molecule has 0 atom stereocenters. The number of methoxy groups -OCH3 is 1. The van der Waals surface area contributed by atoms with Crippen molar-refractivity contribution < 1.29 is 27.8 Å². The van der Waals surface area contributed by atoms with E-state index < -0.39 is 17.9 Å². The van der Waals surface area contributed by atoms with Crippen LogP contribution in [0, 0.1) is 25.6 Å². The van der Waals surface area contributed by atoms with Gasteiger partial charge in [0, 0.05) is 17.2 Å². The van der Waals surface area contributed by atoms with E-state index in [0.29, 0.717) is 32.3 Å². The lowest BCUT2D eigenvalue weighted by Gasteiger charge is -2.09. The van der Waals surface area contributed by atoms with Crippen LogP contribution in [0.15, 0.2) is 36.7 Å². The minimum absolute atomic E-state index is 0.144. The molecule has 0 aliphatic carbocycles. The van der Waals surface area contributed by atoms with E-state index in [4.69, 9.17) is 14.2 Å². The number of fused-ring (bicyclic) bond motifs is 2. The molecule has 0 saturated heterocycles.